The van der Waals surface area contributed by atoms with Crippen molar-refractivity contribution in [3.63, 3.8) is 0 Å². The predicted octanol–water partition coefficient (Wildman–Crippen LogP) is 6.61. The summed E-state index contributed by atoms with van der Waals surface area (Å²) in [6.07, 6.45) is 13.1. The number of ether oxygens (including phenoxy) is 2. The van der Waals surface area contributed by atoms with E-state index in [2.05, 4.69) is 48.5 Å². The average Bonchev–Trinajstić information content (AvgIpc) is 2.81. The van der Waals surface area contributed by atoms with E-state index in [1.54, 1.807) is 0 Å². The third kappa shape index (κ3) is 3.84. The molecule has 2 heterocycles. The van der Waals surface area contributed by atoms with E-state index in [9.17, 15) is 9.90 Å². The first kappa shape index (κ1) is 29.4. The van der Waals surface area contributed by atoms with Crippen LogP contribution in [-0.4, -0.2) is 67.2 Å². The molecular weight excluding hydrogens is 498 g/mol. The lowest BCUT2D eigenvalue weighted by molar-refractivity contribution is -0.883. The van der Waals surface area contributed by atoms with Crippen molar-refractivity contribution in [3.8, 4) is 0 Å². The molecule has 0 aromatic rings. The van der Waals surface area contributed by atoms with Gasteiger partial charge in [-0.25, -0.2) is 4.79 Å². The Balaban J connectivity index is 1.23. The largest absolute Gasteiger partial charge is 0.458 e. The van der Waals surface area contributed by atoms with Gasteiger partial charge in [-0.15, -0.1) is 0 Å². The van der Waals surface area contributed by atoms with Gasteiger partial charge in [0.05, 0.1) is 32.4 Å². The summed E-state index contributed by atoms with van der Waals surface area (Å²) in [6, 6.07) is 0. The van der Waals surface area contributed by atoms with Gasteiger partial charge < -0.3 is 19.1 Å². The molecule has 228 valence electrons. The molecule has 5 nitrogen and oxygen atoms in total. The van der Waals surface area contributed by atoms with E-state index in [1.807, 2.05) is 14.1 Å². The zero-order valence-electron chi connectivity index (χ0n) is 27.3. The van der Waals surface area contributed by atoms with Gasteiger partial charge in [0.2, 0.25) is 0 Å². The molecule has 7 fully saturated rings. The Kier molecular flexibility index (Phi) is 6.58. The summed E-state index contributed by atoms with van der Waals surface area (Å²) in [5, 5.41) is 9.40. The summed E-state index contributed by atoms with van der Waals surface area (Å²) in [4.78, 5) is 13.1. The van der Waals surface area contributed by atoms with Crippen molar-refractivity contribution in [2.45, 2.75) is 130 Å². The SMILES string of the molecule is CC1(C)CC[C@]23CC[C@]4(C)C(CCC5[C@@]6(C)CC[C@H](OC(=O)C[N+](C)(C)CCO)C(C)(C)C6CC[C@]54C)C2[C@H]1O3. The third-order valence-corrected chi connectivity index (χ3v) is 15.2. The van der Waals surface area contributed by atoms with Gasteiger partial charge in [-0.05, 0) is 104 Å². The normalized spacial score (nSPS) is 50.4. The number of fused-ring (bicyclic) bond motifs is 7. The van der Waals surface area contributed by atoms with Crippen molar-refractivity contribution in [3.05, 3.63) is 0 Å². The van der Waals surface area contributed by atoms with Gasteiger partial charge in [0, 0.05) is 11.3 Å². The Morgan fingerprint density at radius 1 is 0.850 bits per heavy atom. The Morgan fingerprint density at radius 2 is 1.55 bits per heavy atom. The Labute approximate surface area is 244 Å². The predicted molar refractivity (Wildman–Crippen MR) is 158 cm³/mol. The summed E-state index contributed by atoms with van der Waals surface area (Å²) in [7, 11) is 3.99. The molecular formula is C35H60NO4+. The maximum Gasteiger partial charge on any atom is 0.362 e. The number of hydrogen-bond donors (Lipinski definition) is 1. The first-order valence-electron chi connectivity index (χ1n) is 16.8. The molecule has 1 spiro atoms. The smallest absolute Gasteiger partial charge is 0.362 e. The summed E-state index contributed by atoms with van der Waals surface area (Å²) in [6.45, 7) is 18.8. The van der Waals surface area contributed by atoms with Crippen molar-refractivity contribution in [2.24, 2.45) is 50.7 Å². The molecule has 5 heteroatoms. The molecule has 7 rings (SSSR count). The minimum absolute atomic E-state index is 0.0215. The fourth-order valence-electron chi connectivity index (χ4n) is 12.7. The standard InChI is InChI=1S/C35H60NO4/c1-30(2)16-18-35-19-17-33(6)23(28(35)29(30)40-35)10-11-25-32(5)14-13-26(39-27(38)22-36(8,9)20-21-37)31(3,4)24(32)12-15-34(25,33)7/h23-26,28-29,37H,10-22H2,1-9H3/q+1/t23?,24?,25?,26-,28?,29+,32-,33+,34+,35-/m0/s1. The molecule has 4 unspecified atom stereocenters. The molecule has 0 radical (unpaired) electrons. The van der Waals surface area contributed by atoms with Crippen molar-refractivity contribution < 1.29 is 23.9 Å². The number of esters is 1. The number of likely N-dealkylation sites (N-methyl/N-ethyl adjacent to an activating group) is 1. The van der Waals surface area contributed by atoms with E-state index in [4.69, 9.17) is 9.47 Å². The van der Waals surface area contributed by atoms with Gasteiger partial charge in [0.15, 0.2) is 6.54 Å². The molecule has 10 atom stereocenters. The van der Waals surface area contributed by atoms with Crippen LogP contribution in [0.1, 0.15) is 113 Å². The fraction of sp³-hybridized carbons (Fsp3) is 0.971. The lowest BCUT2D eigenvalue weighted by Gasteiger charge is -2.77. The molecule has 0 aromatic heterocycles. The second-order valence-electron chi connectivity index (χ2n) is 18.2. The van der Waals surface area contributed by atoms with Crippen LogP contribution in [0.15, 0.2) is 0 Å². The van der Waals surface area contributed by atoms with Crippen molar-refractivity contribution in [1.29, 1.82) is 0 Å². The van der Waals surface area contributed by atoms with Crippen molar-refractivity contribution >= 4 is 5.97 Å². The minimum atomic E-state index is -0.110. The Bertz CT molecular complexity index is 1030. The number of carbonyl (C=O) groups is 1. The first-order valence-corrected chi connectivity index (χ1v) is 16.8. The second-order valence-corrected chi connectivity index (χ2v) is 18.2. The van der Waals surface area contributed by atoms with Gasteiger partial charge in [-0.1, -0.05) is 48.5 Å². The third-order valence-electron chi connectivity index (χ3n) is 15.2. The highest BCUT2D eigenvalue weighted by molar-refractivity contribution is 5.70. The van der Waals surface area contributed by atoms with E-state index in [0.717, 1.165) is 24.2 Å². The molecule has 5 saturated carbocycles. The summed E-state index contributed by atoms with van der Waals surface area (Å²) >= 11 is 0. The molecule has 40 heavy (non-hydrogen) atoms. The van der Waals surface area contributed by atoms with E-state index in [1.165, 1.54) is 57.8 Å². The maximum absolute atomic E-state index is 13.1. The lowest BCUT2D eigenvalue weighted by Crippen LogP contribution is -2.77. The Morgan fingerprint density at radius 3 is 2.23 bits per heavy atom. The molecule has 2 aliphatic heterocycles. The van der Waals surface area contributed by atoms with Crippen LogP contribution in [0, 0.1) is 50.7 Å². The van der Waals surface area contributed by atoms with E-state index in [-0.39, 0.29) is 29.7 Å². The van der Waals surface area contributed by atoms with Crippen LogP contribution in [0.5, 0.6) is 0 Å². The van der Waals surface area contributed by atoms with E-state index < -0.39 is 0 Å². The number of quaternary nitrogens is 1. The number of hydrogen-bond acceptors (Lipinski definition) is 4. The van der Waals surface area contributed by atoms with Crippen LogP contribution >= 0.6 is 0 Å². The van der Waals surface area contributed by atoms with E-state index >= 15 is 0 Å². The van der Waals surface area contributed by atoms with Crippen molar-refractivity contribution in [2.75, 3.05) is 33.8 Å². The second kappa shape index (κ2) is 8.94. The lowest BCUT2D eigenvalue weighted by atomic mass is 9.31. The highest BCUT2D eigenvalue weighted by Gasteiger charge is 2.75. The molecule has 5 aliphatic carbocycles. The highest BCUT2D eigenvalue weighted by Crippen LogP contribution is 2.78. The van der Waals surface area contributed by atoms with Gasteiger partial charge in [-0.3, -0.25) is 0 Å². The van der Waals surface area contributed by atoms with Crippen LogP contribution < -0.4 is 0 Å². The molecule has 7 aliphatic rings. The number of aliphatic hydroxyl groups excluding tert-OH is 1. The first-order chi connectivity index (χ1) is 18.5. The fourth-order valence-corrected chi connectivity index (χ4v) is 12.7. The zero-order valence-corrected chi connectivity index (χ0v) is 27.3. The van der Waals surface area contributed by atoms with Gasteiger partial charge >= 0.3 is 5.97 Å². The minimum Gasteiger partial charge on any atom is -0.458 e. The molecule has 1 N–H and O–H groups in total. The molecule has 2 saturated heterocycles. The van der Waals surface area contributed by atoms with Crippen LogP contribution in [-0.2, 0) is 14.3 Å². The number of nitrogens with zero attached hydrogens (tertiary/aromatic N) is 1. The average molecular weight is 559 g/mol. The topological polar surface area (TPSA) is 55.8 Å². The van der Waals surface area contributed by atoms with E-state index in [0.29, 0.717) is 51.3 Å². The number of aliphatic hydroxyl groups is 1. The Hall–Kier alpha value is -0.650. The number of rotatable bonds is 5. The summed E-state index contributed by atoms with van der Waals surface area (Å²) in [5.74, 6) is 2.76. The van der Waals surface area contributed by atoms with Gasteiger partial charge in [0.25, 0.3) is 0 Å². The van der Waals surface area contributed by atoms with Crippen LogP contribution in [0.3, 0.4) is 0 Å². The maximum atomic E-state index is 13.1. The zero-order chi connectivity index (χ0) is 29.1. The van der Waals surface area contributed by atoms with Gasteiger partial charge in [-0.2, -0.15) is 0 Å². The molecule has 2 bridgehead atoms. The monoisotopic (exact) mass is 558 g/mol. The van der Waals surface area contributed by atoms with Crippen molar-refractivity contribution in [1.82, 2.24) is 0 Å². The molecule has 0 amide bonds. The number of carbonyl (C=O) groups excluding carboxylic acids is 1. The van der Waals surface area contributed by atoms with Gasteiger partial charge in [0.1, 0.15) is 12.6 Å². The van der Waals surface area contributed by atoms with Crippen LogP contribution in [0.4, 0.5) is 0 Å². The molecule has 0 aromatic carbocycles. The van der Waals surface area contributed by atoms with Crippen LogP contribution in [0.25, 0.3) is 0 Å². The summed E-state index contributed by atoms with van der Waals surface area (Å²) in [5.41, 5.74) is 1.52. The summed E-state index contributed by atoms with van der Waals surface area (Å²) < 4.78 is 13.6. The quantitative estimate of drug-likeness (QED) is 0.305. The van der Waals surface area contributed by atoms with Crippen LogP contribution in [0.2, 0.25) is 0 Å². The highest BCUT2D eigenvalue weighted by atomic mass is 16.5.